The molecule has 0 spiro atoms. The van der Waals surface area contributed by atoms with Gasteiger partial charge in [0, 0.05) is 5.02 Å². The Balaban J connectivity index is 1.61. The summed E-state index contributed by atoms with van der Waals surface area (Å²) in [6.45, 7) is 4.25. The predicted octanol–water partition coefficient (Wildman–Crippen LogP) is 6.24. The van der Waals surface area contributed by atoms with E-state index in [4.69, 9.17) is 16.3 Å². The Morgan fingerprint density at radius 1 is 1.35 bits per heavy atom. The van der Waals surface area contributed by atoms with E-state index in [1.807, 2.05) is 30.3 Å². The zero-order valence-corrected chi connectivity index (χ0v) is 17.5. The van der Waals surface area contributed by atoms with Crippen LogP contribution in [0.25, 0.3) is 10.2 Å². The van der Waals surface area contributed by atoms with Crippen molar-refractivity contribution in [3.63, 3.8) is 0 Å². The number of hydrogen-bond donors (Lipinski definition) is 1. The van der Waals surface area contributed by atoms with Crippen molar-refractivity contribution in [2.45, 2.75) is 26.2 Å². The molecule has 1 N–H and O–H groups in total. The molecule has 0 aliphatic heterocycles. The zero-order valence-electron chi connectivity index (χ0n) is 14.4. The molecule has 1 atom stereocenters. The van der Waals surface area contributed by atoms with Gasteiger partial charge < -0.3 is 4.74 Å². The van der Waals surface area contributed by atoms with Crippen molar-refractivity contribution in [1.29, 1.82) is 0 Å². The average Bonchev–Trinajstić information content (AvgIpc) is 3.01. The first-order chi connectivity index (χ1) is 12.5. The van der Waals surface area contributed by atoms with E-state index < -0.39 is 0 Å². The number of nitrogens with one attached hydrogen (secondary N) is 1. The molecule has 7 heteroatoms. The molecule has 3 aromatic rings. The van der Waals surface area contributed by atoms with E-state index in [9.17, 15) is 4.79 Å². The topological polar surface area (TPSA) is 51.2 Å². The van der Waals surface area contributed by atoms with E-state index in [1.165, 1.54) is 16.9 Å². The molecule has 1 aromatic heterocycles. The highest BCUT2D eigenvalue weighted by molar-refractivity contribution is 9.10. The number of ether oxygens (including phenoxy) is 1. The number of benzene rings is 2. The molecule has 0 aliphatic carbocycles. The largest absolute Gasteiger partial charge is 0.483 e. The number of thiazole rings is 1. The molecule has 0 saturated heterocycles. The summed E-state index contributed by atoms with van der Waals surface area (Å²) in [4.78, 5) is 16.5. The Labute approximate surface area is 169 Å². The fraction of sp³-hybridized carbons (Fsp3) is 0.263. The highest BCUT2D eigenvalue weighted by Gasteiger charge is 2.11. The van der Waals surface area contributed by atoms with Crippen LogP contribution >= 0.6 is 38.9 Å². The number of carbonyl (C=O) groups excluding carboxylic acids is 1. The van der Waals surface area contributed by atoms with Gasteiger partial charge in [0.25, 0.3) is 5.91 Å². The summed E-state index contributed by atoms with van der Waals surface area (Å²) in [7, 11) is 0. The van der Waals surface area contributed by atoms with Crippen LogP contribution in [0.2, 0.25) is 5.02 Å². The summed E-state index contributed by atoms with van der Waals surface area (Å²) in [5.41, 5.74) is 2.04. The molecular formula is C19H18BrClN2O2S. The summed E-state index contributed by atoms with van der Waals surface area (Å²) in [5, 5.41) is 3.94. The molecule has 0 radical (unpaired) electrons. The summed E-state index contributed by atoms with van der Waals surface area (Å²) in [6, 6.07) is 11.4. The van der Waals surface area contributed by atoms with E-state index in [1.54, 1.807) is 6.07 Å². The molecule has 4 nitrogen and oxygen atoms in total. The third-order valence-electron chi connectivity index (χ3n) is 4.09. The lowest BCUT2D eigenvalue weighted by Gasteiger charge is -2.12. The Kier molecular flexibility index (Phi) is 6.16. The number of hydrogen-bond acceptors (Lipinski definition) is 4. The van der Waals surface area contributed by atoms with Crippen LogP contribution in [-0.2, 0) is 4.79 Å². The lowest BCUT2D eigenvalue weighted by molar-refractivity contribution is -0.118. The first-order valence-electron chi connectivity index (χ1n) is 8.24. The molecule has 0 saturated carbocycles. The molecule has 26 heavy (non-hydrogen) atoms. The standard InChI is InChI=1S/C19H18BrClN2O2S/c1-3-11(2)12-4-7-16(14(20)8-12)25-10-18(24)23-19-22-15-6-5-13(21)9-17(15)26-19/h4-9,11H,3,10H2,1-2H3,(H,22,23,24). The number of rotatable bonds is 6. The Morgan fingerprint density at radius 2 is 2.15 bits per heavy atom. The lowest BCUT2D eigenvalue weighted by atomic mass is 9.99. The number of halogens is 2. The molecule has 0 fully saturated rings. The number of anilines is 1. The summed E-state index contributed by atoms with van der Waals surface area (Å²) >= 11 is 10.9. The molecule has 1 amide bonds. The number of fused-ring (bicyclic) bond motifs is 1. The minimum absolute atomic E-state index is 0.0854. The van der Waals surface area contributed by atoms with Crippen molar-refractivity contribution >= 4 is 60.1 Å². The van der Waals surface area contributed by atoms with Crippen LogP contribution in [0.1, 0.15) is 31.7 Å². The van der Waals surface area contributed by atoms with Gasteiger partial charge in [-0.15, -0.1) is 0 Å². The van der Waals surface area contributed by atoms with Gasteiger partial charge >= 0.3 is 0 Å². The third kappa shape index (κ3) is 4.55. The van der Waals surface area contributed by atoms with E-state index in [-0.39, 0.29) is 12.5 Å². The quantitative estimate of drug-likeness (QED) is 0.480. The first kappa shape index (κ1) is 19.1. The number of amides is 1. The Bertz CT molecular complexity index is 944. The van der Waals surface area contributed by atoms with Gasteiger partial charge in [-0.25, -0.2) is 4.98 Å². The number of nitrogens with zero attached hydrogens (tertiary/aromatic N) is 1. The van der Waals surface area contributed by atoms with Crippen LogP contribution in [-0.4, -0.2) is 17.5 Å². The highest BCUT2D eigenvalue weighted by atomic mass is 79.9. The molecule has 0 aliphatic rings. The van der Waals surface area contributed by atoms with Gasteiger partial charge in [0.05, 0.1) is 14.7 Å². The van der Waals surface area contributed by atoms with Gasteiger partial charge in [0.1, 0.15) is 5.75 Å². The molecule has 2 aromatic carbocycles. The molecule has 0 bridgehead atoms. The second kappa shape index (κ2) is 8.37. The van der Waals surface area contributed by atoms with Crippen LogP contribution in [0.3, 0.4) is 0 Å². The second-order valence-corrected chi connectivity index (χ2v) is 8.29. The van der Waals surface area contributed by atoms with Crippen molar-refractivity contribution in [3.8, 4) is 5.75 Å². The number of aromatic nitrogens is 1. The van der Waals surface area contributed by atoms with Crippen LogP contribution < -0.4 is 10.1 Å². The van der Waals surface area contributed by atoms with Gasteiger partial charge in [-0.2, -0.15) is 0 Å². The normalized spacial score (nSPS) is 12.2. The SMILES string of the molecule is CCC(C)c1ccc(OCC(=O)Nc2nc3ccc(Cl)cc3s2)c(Br)c1. The van der Waals surface area contributed by atoms with Crippen LogP contribution in [0.15, 0.2) is 40.9 Å². The fourth-order valence-corrected chi connectivity index (χ4v) is 4.10. The van der Waals surface area contributed by atoms with Crippen molar-refractivity contribution in [2.24, 2.45) is 0 Å². The first-order valence-corrected chi connectivity index (χ1v) is 10.2. The minimum Gasteiger partial charge on any atom is -0.483 e. The van der Waals surface area contributed by atoms with Crippen molar-refractivity contribution < 1.29 is 9.53 Å². The van der Waals surface area contributed by atoms with Gasteiger partial charge in [0.15, 0.2) is 11.7 Å². The van der Waals surface area contributed by atoms with Crippen molar-refractivity contribution in [3.05, 3.63) is 51.5 Å². The van der Waals surface area contributed by atoms with E-state index in [2.05, 4.69) is 40.1 Å². The molecule has 1 heterocycles. The maximum Gasteiger partial charge on any atom is 0.264 e. The number of carbonyl (C=O) groups is 1. The molecule has 1 unspecified atom stereocenters. The van der Waals surface area contributed by atoms with Crippen molar-refractivity contribution in [1.82, 2.24) is 4.98 Å². The van der Waals surface area contributed by atoms with E-state index >= 15 is 0 Å². The van der Waals surface area contributed by atoms with E-state index in [0.29, 0.717) is 21.8 Å². The monoisotopic (exact) mass is 452 g/mol. The fourth-order valence-electron chi connectivity index (χ4n) is 2.43. The maximum atomic E-state index is 12.2. The molecular weight excluding hydrogens is 436 g/mol. The van der Waals surface area contributed by atoms with Gasteiger partial charge in [-0.3, -0.25) is 10.1 Å². The average molecular weight is 454 g/mol. The van der Waals surface area contributed by atoms with Gasteiger partial charge in [0.2, 0.25) is 0 Å². The van der Waals surface area contributed by atoms with Gasteiger partial charge in [-0.05, 0) is 64.2 Å². The molecule has 3 rings (SSSR count). The zero-order chi connectivity index (χ0) is 18.7. The Morgan fingerprint density at radius 3 is 2.88 bits per heavy atom. The predicted molar refractivity (Wildman–Crippen MR) is 112 cm³/mol. The van der Waals surface area contributed by atoms with E-state index in [0.717, 1.165) is 21.1 Å². The summed E-state index contributed by atoms with van der Waals surface area (Å²) in [6.07, 6.45) is 1.07. The third-order valence-corrected chi connectivity index (χ3v) is 5.88. The van der Waals surface area contributed by atoms with Crippen LogP contribution in [0.5, 0.6) is 5.75 Å². The van der Waals surface area contributed by atoms with Crippen LogP contribution in [0.4, 0.5) is 5.13 Å². The summed E-state index contributed by atoms with van der Waals surface area (Å²) in [5.74, 6) is 0.868. The summed E-state index contributed by atoms with van der Waals surface area (Å²) < 4.78 is 7.40. The Hall–Kier alpha value is -1.63. The highest BCUT2D eigenvalue weighted by Crippen LogP contribution is 2.30. The lowest BCUT2D eigenvalue weighted by Crippen LogP contribution is -2.20. The van der Waals surface area contributed by atoms with Crippen molar-refractivity contribution in [2.75, 3.05) is 11.9 Å². The van der Waals surface area contributed by atoms with Crippen LogP contribution in [0, 0.1) is 0 Å². The smallest absolute Gasteiger partial charge is 0.264 e. The minimum atomic E-state index is -0.256. The van der Waals surface area contributed by atoms with Gasteiger partial charge in [-0.1, -0.05) is 42.9 Å². The molecule has 136 valence electrons. The maximum absolute atomic E-state index is 12.2. The second-order valence-electron chi connectivity index (χ2n) is 5.97.